The Bertz CT molecular complexity index is 891. The molecule has 0 saturated heterocycles. The van der Waals surface area contributed by atoms with Crippen molar-refractivity contribution in [1.82, 2.24) is 15.3 Å². The van der Waals surface area contributed by atoms with Gasteiger partial charge < -0.3 is 14.5 Å². The molecule has 7 nitrogen and oxygen atoms in total. The second-order valence-electron chi connectivity index (χ2n) is 5.84. The van der Waals surface area contributed by atoms with Crippen LogP contribution in [-0.4, -0.2) is 27.6 Å². The number of anilines is 1. The average molecular weight is 384 g/mol. The van der Waals surface area contributed by atoms with Crippen molar-refractivity contribution in [3.63, 3.8) is 0 Å². The van der Waals surface area contributed by atoms with E-state index in [1.807, 2.05) is 12.1 Å². The number of unbranched alkanes of at least 4 members (excludes halogenated alkanes) is 2. The van der Waals surface area contributed by atoms with Crippen molar-refractivity contribution in [2.45, 2.75) is 26.2 Å². The Balaban J connectivity index is 1.51. The Morgan fingerprint density at radius 3 is 2.81 bits per heavy atom. The lowest BCUT2D eigenvalue weighted by Gasteiger charge is -2.09. The van der Waals surface area contributed by atoms with Gasteiger partial charge in [0, 0.05) is 6.07 Å². The zero-order valence-corrected chi connectivity index (χ0v) is 15.7. The smallest absolute Gasteiger partial charge is 0.313 e. The third kappa shape index (κ3) is 5.24. The third-order valence-corrected chi connectivity index (χ3v) is 3.91. The molecule has 0 aliphatic carbocycles. The molecule has 0 bridgehead atoms. The van der Waals surface area contributed by atoms with Gasteiger partial charge in [-0.15, -0.1) is 0 Å². The molecule has 8 heteroatoms. The van der Waals surface area contributed by atoms with Crippen LogP contribution in [0, 0.1) is 0 Å². The quantitative estimate of drug-likeness (QED) is 0.471. The van der Waals surface area contributed by atoms with Gasteiger partial charge in [-0.25, -0.2) is 9.97 Å². The van der Waals surface area contributed by atoms with E-state index in [1.54, 1.807) is 30.5 Å². The summed E-state index contributed by atoms with van der Waals surface area (Å²) in [6.07, 6.45) is 4.87. The maximum Gasteiger partial charge on any atom is 0.313 e. The number of amides is 1. The fourth-order valence-electron chi connectivity index (χ4n) is 2.36. The number of para-hydroxylation sites is 2. The number of pyridine rings is 1. The van der Waals surface area contributed by atoms with E-state index in [2.05, 4.69) is 27.5 Å². The van der Waals surface area contributed by atoms with Crippen LogP contribution in [0.4, 0.5) is 5.69 Å². The number of hydrogen-bond acceptors (Lipinski definition) is 6. The van der Waals surface area contributed by atoms with E-state index in [0.717, 1.165) is 19.3 Å². The number of carbonyl (C=O) groups excluding carboxylic acids is 1. The van der Waals surface area contributed by atoms with Crippen LogP contribution >= 0.6 is 12.2 Å². The predicted octanol–water partition coefficient (Wildman–Crippen LogP) is 3.92. The molecule has 0 atom stereocenters. The van der Waals surface area contributed by atoms with Crippen LogP contribution in [0.25, 0.3) is 11.1 Å². The zero-order chi connectivity index (χ0) is 19.1. The van der Waals surface area contributed by atoms with E-state index in [4.69, 9.17) is 21.4 Å². The number of benzene rings is 1. The van der Waals surface area contributed by atoms with Gasteiger partial charge in [-0.05, 0) is 36.8 Å². The number of ether oxygens (including phenoxy) is 1. The summed E-state index contributed by atoms with van der Waals surface area (Å²) in [7, 11) is 0. The first-order valence-electron chi connectivity index (χ1n) is 8.72. The first kappa shape index (κ1) is 18.8. The lowest BCUT2D eigenvalue weighted by atomic mass is 10.3. The highest BCUT2D eigenvalue weighted by atomic mass is 32.1. The van der Waals surface area contributed by atoms with Crippen LogP contribution in [0.2, 0.25) is 0 Å². The molecule has 0 unspecified atom stereocenters. The van der Waals surface area contributed by atoms with E-state index in [9.17, 15) is 4.79 Å². The van der Waals surface area contributed by atoms with E-state index in [1.165, 1.54) is 0 Å². The standard InChI is InChI=1S/C19H20N4O3S/c1-2-3-6-11-25-16-10-9-13(12-20-16)21-19(27)23-17(24)18-22-14-7-4-5-8-15(14)26-18/h4-5,7-10,12H,2-3,6,11H2,1H3,(H2,21,23,24,27). The van der Waals surface area contributed by atoms with Crippen molar-refractivity contribution in [2.75, 3.05) is 11.9 Å². The number of fused-ring (bicyclic) bond motifs is 1. The molecule has 140 valence electrons. The summed E-state index contributed by atoms with van der Waals surface area (Å²) in [6.45, 7) is 2.79. The summed E-state index contributed by atoms with van der Waals surface area (Å²) in [5, 5.41) is 5.55. The molecule has 0 fully saturated rings. The number of nitrogens with zero attached hydrogens (tertiary/aromatic N) is 2. The fourth-order valence-corrected chi connectivity index (χ4v) is 2.57. The second-order valence-corrected chi connectivity index (χ2v) is 6.24. The number of thiocarbonyl (C=S) groups is 1. The lowest BCUT2D eigenvalue weighted by molar-refractivity contribution is 0.0946. The normalized spacial score (nSPS) is 10.6. The van der Waals surface area contributed by atoms with Gasteiger partial charge in [0.25, 0.3) is 5.89 Å². The van der Waals surface area contributed by atoms with Gasteiger partial charge >= 0.3 is 5.91 Å². The topological polar surface area (TPSA) is 89.3 Å². The molecule has 2 heterocycles. The lowest BCUT2D eigenvalue weighted by Crippen LogP contribution is -2.34. The van der Waals surface area contributed by atoms with Crippen LogP contribution in [0.15, 0.2) is 47.0 Å². The second kappa shape index (κ2) is 9.09. The number of rotatable bonds is 7. The molecule has 0 radical (unpaired) electrons. The maximum absolute atomic E-state index is 12.2. The van der Waals surface area contributed by atoms with Crippen molar-refractivity contribution in [1.29, 1.82) is 0 Å². The number of hydrogen-bond donors (Lipinski definition) is 2. The highest BCUT2D eigenvalue weighted by Gasteiger charge is 2.15. The van der Waals surface area contributed by atoms with E-state index in [0.29, 0.717) is 29.3 Å². The molecule has 2 N–H and O–H groups in total. The van der Waals surface area contributed by atoms with Crippen molar-refractivity contribution in [3.05, 3.63) is 48.5 Å². The first-order chi connectivity index (χ1) is 13.2. The molecule has 0 spiro atoms. The fraction of sp³-hybridized carbons (Fsp3) is 0.263. The predicted molar refractivity (Wildman–Crippen MR) is 107 cm³/mol. The Morgan fingerprint density at radius 1 is 1.22 bits per heavy atom. The Morgan fingerprint density at radius 2 is 2.07 bits per heavy atom. The summed E-state index contributed by atoms with van der Waals surface area (Å²) in [4.78, 5) is 20.5. The van der Waals surface area contributed by atoms with Gasteiger partial charge in [-0.1, -0.05) is 31.9 Å². The molecule has 0 aliphatic rings. The average Bonchev–Trinajstić information content (AvgIpc) is 3.11. The molecule has 3 aromatic rings. The maximum atomic E-state index is 12.2. The first-order valence-corrected chi connectivity index (χ1v) is 9.13. The van der Waals surface area contributed by atoms with E-state index < -0.39 is 5.91 Å². The van der Waals surface area contributed by atoms with Gasteiger partial charge in [0.15, 0.2) is 10.7 Å². The molecular formula is C19H20N4O3S. The van der Waals surface area contributed by atoms with Gasteiger partial charge in [0.2, 0.25) is 5.88 Å². The number of aromatic nitrogens is 2. The van der Waals surface area contributed by atoms with E-state index in [-0.39, 0.29) is 11.0 Å². The molecule has 3 rings (SSSR count). The van der Waals surface area contributed by atoms with Gasteiger partial charge in [0.05, 0.1) is 18.5 Å². The molecule has 1 aromatic carbocycles. The summed E-state index contributed by atoms with van der Waals surface area (Å²) < 4.78 is 11.0. The highest BCUT2D eigenvalue weighted by molar-refractivity contribution is 7.80. The van der Waals surface area contributed by atoms with Crippen LogP contribution < -0.4 is 15.4 Å². The Kier molecular flexibility index (Phi) is 6.32. The zero-order valence-electron chi connectivity index (χ0n) is 14.9. The Hall–Kier alpha value is -3.00. The molecule has 0 saturated carbocycles. The SMILES string of the molecule is CCCCCOc1ccc(NC(=S)NC(=O)c2nc3ccccc3o2)cn1. The summed E-state index contributed by atoms with van der Waals surface area (Å²) in [5.41, 5.74) is 1.79. The van der Waals surface area contributed by atoms with Crippen LogP contribution in [0.3, 0.4) is 0 Å². The monoisotopic (exact) mass is 384 g/mol. The highest BCUT2D eigenvalue weighted by Crippen LogP contribution is 2.15. The number of oxazole rings is 1. The van der Waals surface area contributed by atoms with Gasteiger partial charge in [0.1, 0.15) is 5.52 Å². The molecule has 2 aromatic heterocycles. The largest absolute Gasteiger partial charge is 0.478 e. The molecule has 0 aliphatic heterocycles. The van der Waals surface area contributed by atoms with Gasteiger partial charge in [-0.3, -0.25) is 10.1 Å². The number of carbonyl (C=O) groups is 1. The minimum absolute atomic E-state index is 0.0469. The summed E-state index contributed by atoms with van der Waals surface area (Å²) >= 11 is 5.15. The van der Waals surface area contributed by atoms with Crippen LogP contribution in [0.1, 0.15) is 36.9 Å². The third-order valence-electron chi connectivity index (χ3n) is 3.71. The van der Waals surface area contributed by atoms with Crippen molar-refractivity contribution < 1.29 is 13.9 Å². The molecule has 1 amide bonds. The van der Waals surface area contributed by atoms with Gasteiger partial charge in [-0.2, -0.15) is 0 Å². The van der Waals surface area contributed by atoms with Crippen molar-refractivity contribution >= 4 is 40.0 Å². The molecule has 27 heavy (non-hydrogen) atoms. The number of nitrogens with one attached hydrogen (secondary N) is 2. The van der Waals surface area contributed by atoms with Crippen LogP contribution in [0.5, 0.6) is 5.88 Å². The van der Waals surface area contributed by atoms with Crippen molar-refractivity contribution in [2.24, 2.45) is 0 Å². The van der Waals surface area contributed by atoms with Crippen molar-refractivity contribution in [3.8, 4) is 5.88 Å². The summed E-state index contributed by atoms with van der Waals surface area (Å²) in [6, 6.07) is 10.7. The summed E-state index contributed by atoms with van der Waals surface area (Å²) in [5.74, 6) is -0.0140. The minimum atomic E-state index is -0.521. The van der Waals surface area contributed by atoms with E-state index >= 15 is 0 Å². The Labute approximate surface area is 162 Å². The van der Waals surface area contributed by atoms with Crippen LogP contribution in [-0.2, 0) is 0 Å². The molecular weight excluding hydrogens is 364 g/mol. The minimum Gasteiger partial charge on any atom is -0.478 e.